The fourth-order valence-corrected chi connectivity index (χ4v) is 17.3. The largest absolute Gasteiger partial charge is 0.477 e. The van der Waals surface area contributed by atoms with Crippen LogP contribution in [0.15, 0.2) is 12.2 Å². The number of carbonyl (C=O) groups excluding carboxylic acids is 4. The number of aliphatic hydroxyl groups excluding tert-OH is 21. The Labute approximate surface area is 756 Å². The second-order valence-electron chi connectivity index (χ2n) is 34.9. The molecule has 45 heteroatoms. The first-order valence-electron chi connectivity index (χ1n) is 46.1. The molecule has 0 aliphatic carbocycles. The van der Waals surface area contributed by atoms with Gasteiger partial charge < -0.3 is 200 Å². The fraction of sp³-hybridized carbons (Fsp3) is 0.918. The van der Waals surface area contributed by atoms with Crippen molar-refractivity contribution in [3.8, 4) is 0 Å². The van der Waals surface area contributed by atoms with E-state index in [1.807, 2.05) is 6.08 Å². The summed E-state index contributed by atoms with van der Waals surface area (Å²) in [5, 5.41) is 258. The maximum Gasteiger partial charge on any atom is 0.364 e. The molecule has 26 N–H and O–H groups in total. The van der Waals surface area contributed by atoms with Crippen LogP contribution >= 0.6 is 0 Å². The number of carboxylic acid groups (broad SMARTS) is 1. The fourth-order valence-electron chi connectivity index (χ4n) is 17.3. The van der Waals surface area contributed by atoms with E-state index in [9.17, 15) is 136 Å². The van der Waals surface area contributed by atoms with Crippen LogP contribution in [0.3, 0.4) is 0 Å². The van der Waals surface area contributed by atoms with Crippen molar-refractivity contribution >= 4 is 29.6 Å². The molecule has 7 rings (SSSR count). The minimum Gasteiger partial charge on any atom is -0.477 e. The zero-order chi connectivity index (χ0) is 95.6. The Morgan fingerprint density at radius 2 is 0.762 bits per heavy atom. The molecule has 45 nitrogen and oxygen atoms in total. The SMILES string of the molecule is CCCCCCCCCCCCC/C=C/[C@@H](O)[C@H](CO[C@@H]1OC(CO)[C@@H](O[C@@H]2OC(CO)[C@H](O)[C@H](O[C@@H]3OC(CO)[C@@H](O[C@@H]4OC(CO)[C@H](O)[C@H](O[C@@H]5OC(CO)[C@@H](O)[C@H](O[C@@H]6OC(CO)[C@H](O)[C@H](O[C@]7(C(=O)O)CC(O)[C@@H](NC(C)=O)C([C@H](O)[C@H](O)CO)O7)C6O)C5NC(C)=O)C4O)[C@H](O)C3NC(C)=O)C2O)[C@H](O)C1O)NC(=O)CCCCCCCCCCCCCCC. The van der Waals surface area contributed by atoms with Crippen molar-refractivity contribution < 1.29 is 203 Å². The number of amides is 4. The summed E-state index contributed by atoms with van der Waals surface area (Å²) in [7, 11) is 0. The lowest BCUT2D eigenvalue weighted by atomic mass is 9.88. The van der Waals surface area contributed by atoms with E-state index >= 15 is 0 Å². The smallest absolute Gasteiger partial charge is 0.364 e. The van der Waals surface area contributed by atoms with Crippen LogP contribution in [0.4, 0.5) is 0 Å². The van der Waals surface area contributed by atoms with Crippen molar-refractivity contribution in [2.24, 2.45) is 0 Å². The molecule has 0 saturated carbocycles. The second kappa shape index (κ2) is 57.2. The minimum atomic E-state index is -3.27. The van der Waals surface area contributed by atoms with Gasteiger partial charge in [-0.1, -0.05) is 167 Å². The molecular formula is C85H150N4O41. The van der Waals surface area contributed by atoms with Gasteiger partial charge in [-0.25, -0.2) is 4.79 Å². The molecule has 0 spiro atoms. The molecule has 0 radical (unpaired) electrons. The van der Waals surface area contributed by atoms with Crippen molar-refractivity contribution in [1.29, 1.82) is 0 Å². The third-order valence-electron chi connectivity index (χ3n) is 24.7. The van der Waals surface area contributed by atoms with Crippen LogP contribution in [-0.2, 0) is 90.3 Å². The Bertz CT molecular complexity index is 3260. The second-order valence-corrected chi connectivity index (χ2v) is 34.9. The predicted molar refractivity (Wildman–Crippen MR) is 446 cm³/mol. The number of hydrogen-bond donors (Lipinski definition) is 26. The molecule has 0 aromatic heterocycles. The maximum absolute atomic E-state index is 13.6. The van der Waals surface area contributed by atoms with Gasteiger partial charge in [0.15, 0.2) is 37.7 Å². The highest BCUT2D eigenvalue weighted by Crippen LogP contribution is 2.42. The first-order valence-corrected chi connectivity index (χ1v) is 46.1. The van der Waals surface area contributed by atoms with Gasteiger partial charge in [-0.15, -0.1) is 0 Å². The van der Waals surface area contributed by atoms with Gasteiger partial charge in [0.2, 0.25) is 23.6 Å². The van der Waals surface area contributed by atoms with Crippen molar-refractivity contribution in [2.75, 3.05) is 52.9 Å². The number of carboxylic acids is 1. The third-order valence-corrected chi connectivity index (χ3v) is 24.7. The van der Waals surface area contributed by atoms with E-state index in [2.05, 4.69) is 35.1 Å². The molecular weight excluding hydrogens is 1730 g/mol. The molecule has 0 aromatic rings. The molecule has 7 aliphatic rings. The van der Waals surface area contributed by atoms with Crippen LogP contribution in [-0.4, -0.2) is 427 Å². The van der Waals surface area contributed by atoms with Gasteiger partial charge in [0.05, 0.1) is 77.1 Å². The lowest BCUT2D eigenvalue weighted by molar-refractivity contribution is -0.391. The summed E-state index contributed by atoms with van der Waals surface area (Å²) < 4.78 is 83.1. The number of hydrogen-bond acceptors (Lipinski definition) is 40. The average molecular weight is 1880 g/mol. The molecule has 0 bridgehead atoms. The molecule has 7 heterocycles. The molecule has 14 unspecified atom stereocenters. The van der Waals surface area contributed by atoms with Crippen LogP contribution in [0.5, 0.6) is 0 Å². The molecule has 38 atom stereocenters. The first-order chi connectivity index (χ1) is 62.1. The van der Waals surface area contributed by atoms with Crippen LogP contribution in [0.1, 0.15) is 208 Å². The maximum atomic E-state index is 13.6. The number of aliphatic carboxylic acids is 1. The van der Waals surface area contributed by atoms with Crippen LogP contribution in [0, 0.1) is 0 Å². The summed E-state index contributed by atoms with van der Waals surface area (Å²) in [4.78, 5) is 65.3. The summed E-state index contributed by atoms with van der Waals surface area (Å²) in [6.07, 6.45) is -38.6. The summed E-state index contributed by atoms with van der Waals surface area (Å²) in [6.45, 7) is -1.09. The summed E-state index contributed by atoms with van der Waals surface area (Å²) in [5.41, 5.74) is 0. The van der Waals surface area contributed by atoms with Crippen LogP contribution in [0.2, 0.25) is 0 Å². The Hall–Kier alpha value is -4.31. The highest BCUT2D eigenvalue weighted by atomic mass is 16.8. The first kappa shape index (κ1) is 113. The number of unbranched alkanes of at least 4 members (excludes halogenated alkanes) is 23. The topological polar surface area (TPSA) is 708 Å². The van der Waals surface area contributed by atoms with E-state index in [0.29, 0.717) is 12.8 Å². The van der Waals surface area contributed by atoms with E-state index in [-0.39, 0.29) is 12.3 Å². The van der Waals surface area contributed by atoms with E-state index in [0.717, 1.165) is 78.6 Å². The summed E-state index contributed by atoms with van der Waals surface area (Å²) in [6, 6.07) is -6.74. The van der Waals surface area contributed by atoms with Crippen molar-refractivity contribution in [3.05, 3.63) is 12.2 Å². The minimum absolute atomic E-state index is 0.150. The van der Waals surface area contributed by atoms with Crippen LogP contribution < -0.4 is 21.3 Å². The number of allylic oxidation sites excluding steroid dienone is 1. The van der Waals surface area contributed by atoms with Gasteiger partial charge in [-0.2, -0.15) is 0 Å². The number of nitrogens with one attached hydrogen (secondary N) is 4. The Morgan fingerprint density at radius 1 is 0.400 bits per heavy atom. The number of aliphatic hydroxyl groups is 21. The van der Waals surface area contributed by atoms with E-state index in [1.54, 1.807) is 6.08 Å². The average Bonchev–Trinajstić information content (AvgIpc) is 0.749. The van der Waals surface area contributed by atoms with Gasteiger partial charge in [0, 0.05) is 33.6 Å². The lowest BCUT2D eigenvalue weighted by Gasteiger charge is -2.51. The summed E-state index contributed by atoms with van der Waals surface area (Å²) in [5.74, 6) is -8.54. The normalized spacial score (nSPS) is 37.7. The Kier molecular flexibility index (Phi) is 49.5. The standard InChI is InChI=1S/C85H150N4O41/c1-6-8-10-12-14-16-18-20-22-24-26-28-30-32-47(100)46(89-56(103)33-31-29-27-25-23-21-19-17-15-13-11-9-7-2)42-117-80-67(111)66(110)72(55(41-96)123-80)125-82-68(112)75(62(106)51(37-92)120-82)127-78-58(87-44(4)98)65(109)71(54(40-95)122-78)124-81-69(113)76(63(107)52(38-93)119-81)128-79-59(88-45(5)99)73(61(105)50(36-91)118-79)126-83-70(114)77(64(108)53(39-94)121-83)130-85(84(115)116)34-48(101)57(86-43(3)97)74(129-85)60(104)49(102)35-90/h30,32,46-55,57-83,90-96,100-102,104-114H,6-29,31,33-42H2,1-5H3,(H,86,97)(H,87,98)(H,88,99)(H,89,103)(H,115,116)/b32-30+/t46-,47+,48?,49+,50?,51?,52?,53?,54?,55?,57+,58?,59?,60+,61+,62-,63-,64-,65+,66+,67?,68?,69?,70?,71+,72+,73+,74?,75-,76-,77-,78-,79-,80+,81-,82-,83-,85-/m0/s1. The monoisotopic (exact) mass is 1880 g/mol. The molecule has 0 aromatic carbocycles. The Morgan fingerprint density at radius 3 is 1.20 bits per heavy atom. The third kappa shape index (κ3) is 31.9. The predicted octanol–water partition coefficient (Wildman–Crippen LogP) is -6.03. The molecule has 7 aliphatic heterocycles. The van der Waals surface area contributed by atoms with Gasteiger partial charge in [0.25, 0.3) is 5.79 Å². The van der Waals surface area contributed by atoms with Gasteiger partial charge in [-0.3, -0.25) is 19.2 Å². The molecule has 4 amide bonds. The number of carbonyl (C=O) groups is 5. The van der Waals surface area contributed by atoms with Gasteiger partial charge in [0.1, 0.15) is 165 Å². The molecule has 756 valence electrons. The zero-order valence-corrected chi connectivity index (χ0v) is 74.9. The van der Waals surface area contributed by atoms with Gasteiger partial charge >= 0.3 is 5.97 Å². The Balaban J connectivity index is 1.03. The van der Waals surface area contributed by atoms with E-state index < -0.39 is 315 Å². The summed E-state index contributed by atoms with van der Waals surface area (Å²) >= 11 is 0. The molecule has 130 heavy (non-hydrogen) atoms. The zero-order valence-electron chi connectivity index (χ0n) is 74.9. The van der Waals surface area contributed by atoms with Crippen molar-refractivity contribution in [1.82, 2.24) is 21.3 Å². The lowest BCUT2D eigenvalue weighted by Crippen LogP contribution is -2.72. The van der Waals surface area contributed by atoms with Crippen molar-refractivity contribution in [3.63, 3.8) is 0 Å². The highest BCUT2D eigenvalue weighted by Gasteiger charge is 2.63. The highest BCUT2D eigenvalue weighted by molar-refractivity contribution is 5.77. The number of ether oxygens (including phenoxy) is 14. The van der Waals surface area contributed by atoms with Crippen LogP contribution in [0.25, 0.3) is 0 Å². The van der Waals surface area contributed by atoms with E-state index in [1.165, 1.54) is 89.9 Å². The number of rotatable bonds is 57. The van der Waals surface area contributed by atoms with Crippen molar-refractivity contribution in [2.45, 2.75) is 440 Å². The van der Waals surface area contributed by atoms with E-state index in [4.69, 9.17) is 66.3 Å². The molecule has 7 fully saturated rings. The van der Waals surface area contributed by atoms with Gasteiger partial charge in [-0.05, 0) is 19.3 Å². The molecule has 7 saturated heterocycles. The quantitative estimate of drug-likeness (QED) is 0.0199.